The molecule has 1 atom stereocenters. The molecule has 3 amide bonds. The number of piperidine rings is 1. The van der Waals surface area contributed by atoms with Gasteiger partial charge in [0, 0.05) is 11.8 Å². The van der Waals surface area contributed by atoms with Crippen molar-refractivity contribution in [1.82, 2.24) is 20.8 Å². The maximum absolute atomic E-state index is 12.1. The van der Waals surface area contributed by atoms with Gasteiger partial charge >= 0.3 is 0 Å². The van der Waals surface area contributed by atoms with Crippen LogP contribution in [0, 0.1) is 0 Å². The first-order chi connectivity index (χ1) is 10.5. The largest absolute Gasteiger partial charge is 0.344 e. The Labute approximate surface area is 134 Å². The van der Waals surface area contributed by atoms with Crippen LogP contribution in [-0.2, 0) is 20.8 Å². The predicted octanol–water partition coefficient (Wildman–Crippen LogP) is 0.789. The number of fused-ring (bicyclic) bond motifs is 1. The standard InChI is InChI=1S/C14H13BrN4O3/c15-13-8-3-1-2-7(12(8)18-19-13)6-11(21)16-9-4-5-10(20)17-14(9)22/h1-3,9H,4-6H2,(H,16,21)(H,18,19)(H,17,20,22). The number of carbonyl (C=O) groups is 3. The minimum absolute atomic E-state index is 0.117. The Morgan fingerprint density at radius 3 is 3.00 bits per heavy atom. The van der Waals surface area contributed by atoms with Crippen molar-refractivity contribution in [3.05, 3.63) is 28.4 Å². The number of nitrogens with zero attached hydrogens (tertiary/aromatic N) is 1. The molecule has 1 aliphatic rings. The summed E-state index contributed by atoms with van der Waals surface area (Å²) in [7, 11) is 0. The fourth-order valence-corrected chi connectivity index (χ4v) is 2.87. The topological polar surface area (TPSA) is 104 Å². The van der Waals surface area contributed by atoms with Gasteiger partial charge in [-0.05, 0) is 27.9 Å². The number of para-hydroxylation sites is 1. The molecule has 2 heterocycles. The molecular formula is C14H13BrN4O3. The number of hydrogen-bond donors (Lipinski definition) is 3. The number of hydrogen-bond acceptors (Lipinski definition) is 4. The number of H-pyrrole nitrogens is 1. The molecule has 0 spiro atoms. The summed E-state index contributed by atoms with van der Waals surface area (Å²) < 4.78 is 0.759. The van der Waals surface area contributed by atoms with Crippen molar-refractivity contribution >= 4 is 44.6 Å². The number of nitrogens with one attached hydrogen (secondary N) is 3. The molecular weight excluding hydrogens is 352 g/mol. The van der Waals surface area contributed by atoms with Gasteiger partial charge in [-0.15, -0.1) is 0 Å². The van der Waals surface area contributed by atoms with E-state index in [4.69, 9.17) is 0 Å². The van der Waals surface area contributed by atoms with Gasteiger partial charge in [0.25, 0.3) is 0 Å². The average molecular weight is 365 g/mol. The fraction of sp³-hybridized carbons (Fsp3) is 0.286. The molecule has 8 heteroatoms. The zero-order valence-corrected chi connectivity index (χ0v) is 13.1. The third-order valence-corrected chi connectivity index (χ3v) is 4.15. The van der Waals surface area contributed by atoms with Crippen LogP contribution in [0.1, 0.15) is 18.4 Å². The van der Waals surface area contributed by atoms with Crippen LogP contribution in [0.2, 0.25) is 0 Å². The Balaban J connectivity index is 1.71. The first-order valence-corrected chi connectivity index (χ1v) is 7.58. The third kappa shape index (κ3) is 2.87. The van der Waals surface area contributed by atoms with Crippen LogP contribution in [0.5, 0.6) is 0 Å². The molecule has 0 radical (unpaired) electrons. The summed E-state index contributed by atoms with van der Waals surface area (Å²) in [5.74, 6) is -1.03. The molecule has 1 aromatic carbocycles. The van der Waals surface area contributed by atoms with Gasteiger partial charge in [-0.25, -0.2) is 0 Å². The highest BCUT2D eigenvalue weighted by Crippen LogP contribution is 2.23. The Kier molecular flexibility index (Phi) is 3.93. The predicted molar refractivity (Wildman–Crippen MR) is 81.8 cm³/mol. The lowest BCUT2D eigenvalue weighted by molar-refractivity contribution is -0.137. The zero-order chi connectivity index (χ0) is 15.7. The highest BCUT2D eigenvalue weighted by Gasteiger charge is 2.27. The van der Waals surface area contributed by atoms with Crippen LogP contribution in [0.3, 0.4) is 0 Å². The molecule has 0 saturated carbocycles. The number of amides is 3. The molecule has 114 valence electrons. The zero-order valence-electron chi connectivity index (χ0n) is 11.5. The van der Waals surface area contributed by atoms with Crippen molar-refractivity contribution in [2.45, 2.75) is 25.3 Å². The van der Waals surface area contributed by atoms with Crippen LogP contribution in [0.25, 0.3) is 10.9 Å². The lowest BCUT2D eigenvalue weighted by Gasteiger charge is -2.21. The van der Waals surface area contributed by atoms with E-state index in [2.05, 4.69) is 36.8 Å². The Hall–Kier alpha value is -2.22. The van der Waals surface area contributed by atoms with E-state index in [0.717, 1.165) is 15.6 Å². The van der Waals surface area contributed by atoms with Crippen LogP contribution >= 0.6 is 15.9 Å². The summed E-state index contributed by atoms with van der Waals surface area (Å²) >= 11 is 3.36. The normalized spacial score (nSPS) is 18.3. The number of benzene rings is 1. The molecule has 0 bridgehead atoms. The van der Waals surface area contributed by atoms with Gasteiger partial charge in [-0.2, -0.15) is 5.10 Å². The molecule has 1 unspecified atom stereocenters. The van der Waals surface area contributed by atoms with Gasteiger partial charge in [0.05, 0.1) is 11.9 Å². The fourth-order valence-electron chi connectivity index (χ4n) is 2.46. The summed E-state index contributed by atoms with van der Waals surface area (Å²) in [6.07, 6.45) is 0.680. The van der Waals surface area contributed by atoms with E-state index in [0.29, 0.717) is 11.9 Å². The number of rotatable bonds is 3. The smallest absolute Gasteiger partial charge is 0.249 e. The van der Waals surface area contributed by atoms with Gasteiger partial charge in [0.1, 0.15) is 10.6 Å². The van der Waals surface area contributed by atoms with Gasteiger partial charge in [-0.3, -0.25) is 24.8 Å². The monoisotopic (exact) mass is 364 g/mol. The molecule has 7 nitrogen and oxygen atoms in total. The summed E-state index contributed by atoms with van der Waals surface area (Å²) in [5, 5.41) is 12.8. The Morgan fingerprint density at radius 1 is 1.41 bits per heavy atom. The molecule has 2 aromatic rings. The van der Waals surface area contributed by atoms with E-state index >= 15 is 0 Å². The second-order valence-electron chi connectivity index (χ2n) is 5.10. The molecule has 1 aromatic heterocycles. The van der Waals surface area contributed by atoms with Crippen molar-refractivity contribution in [3.63, 3.8) is 0 Å². The van der Waals surface area contributed by atoms with E-state index in [1.807, 2.05) is 18.2 Å². The van der Waals surface area contributed by atoms with Crippen molar-refractivity contribution < 1.29 is 14.4 Å². The quantitative estimate of drug-likeness (QED) is 0.700. The maximum atomic E-state index is 12.1. The minimum atomic E-state index is -0.657. The highest BCUT2D eigenvalue weighted by molar-refractivity contribution is 9.10. The molecule has 3 N–H and O–H groups in total. The number of aromatic nitrogens is 2. The van der Waals surface area contributed by atoms with E-state index in [9.17, 15) is 14.4 Å². The SMILES string of the molecule is O=C1CCC(NC(=O)Cc2cccc3c(Br)[nH]nc23)C(=O)N1. The number of carbonyl (C=O) groups excluding carboxylic acids is 3. The van der Waals surface area contributed by atoms with E-state index in [1.54, 1.807) is 0 Å². The second kappa shape index (κ2) is 5.88. The lowest BCUT2D eigenvalue weighted by atomic mass is 10.0. The number of imide groups is 1. The summed E-state index contributed by atoms with van der Waals surface area (Å²) in [5.41, 5.74) is 1.48. The van der Waals surface area contributed by atoms with Crippen LogP contribution < -0.4 is 10.6 Å². The Morgan fingerprint density at radius 2 is 2.23 bits per heavy atom. The van der Waals surface area contributed by atoms with Crippen LogP contribution in [0.4, 0.5) is 0 Å². The van der Waals surface area contributed by atoms with Crippen molar-refractivity contribution in [2.24, 2.45) is 0 Å². The first-order valence-electron chi connectivity index (χ1n) is 6.79. The van der Waals surface area contributed by atoms with Crippen molar-refractivity contribution in [1.29, 1.82) is 0 Å². The molecule has 22 heavy (non-hydrogen) atoms. The van der Waals surface area contributed by atoms with Crippen LogP contribution in [-0.4, -0.2) is 34.0 Å². The van der Waals surface area contributed by atoms with Gasteiger partial charge < -0.3 is 5.32 Å². The summed E-state index contributed by atoms with van der Waals surface area (Å²) in [4.78, 5) is 34.9. The number of aromatic amines is 1. The first kappa shape index (κ1) is 14.7. The van der Waals surface area contributed by atoms with Gasteiger partial charge in [0.2, 0.25) is 17.7 Å². The number of halogens is 1. The van der Waals surface area contributed by atoms with Crippen LogP contribution in [0.15, 0.2) is 22.8 Å². The van der Waals surface area contributed by atoms with Crippen molar-refractivity contribution in [3.8, 4) is 0 Å². The van der Waals surface area contributed by atoms with E-state index in [1.165, 1.54) is 0 Å². The summed E-state index contributed by atoms with van der Waals surface area (Å²) in [6.45, 7) is 0. The molecule has 1 fully saturated rings. The lowest BCUT2D eigenvalue weighted by Crippen LogP contribution is -2.52. The van der Waals surface area contributed by atoms with Crippen molar-refractivity contribution in [2.75, 3.05) is 0 Å². The van der Waals surface area contributed by atoms with E-state index < -0.39 is 11.9 Å². The second-order valence-corrected chi connectivity index (χ2v) is 5.89. The average Bonchev–Trinajstić information content (AvgIpc) is 2.85. The maximum Gasteiger partial charge on any atom is 0.249 e. The van der Waals surface area contributed by atoms with Gasteiger partial charge in [-0.1, -0.05) is 18.2 Å². The third-order valence-electron chi connectivity index (χ3n) is 3.55. The molecule has 3 rings (SSSR count). The van der Waals surface area contributed by atoms with E-state index in [-0.39, 0.29) is 24.7 Å². The summed E-state index contributed by atoms with van der Waals surface area (Å²) in [6, 6.07) is 4.90. The highest BCUT2D eigenvalue weighted by atomic mass is 79.9. The molecule has 1 saturated heterocycles. The Bertz CT molecular complexity index is 771. The molecule has 1 aliphatic heterocycles. The van der Waals surface area contributed by atoms with Gasteiger partial charge in [0.15, 0.2) is 0 Å². The molecule has 0 aliphatic carbocycles. The minimum Gasteiger partial charge on any atom is -0.344 e.